The molecule has 2 rings (SSSR count). The molecule has 3 nitrogen and oxygen atoms in total. The van der Waals surface area contributed by atoms with Crippen LogP contribution in [0.2, 0.25) is 0 Å². The summed E-state index contributed by atoms with van der Waals surface area (Å²) in [7, 11) is -3.83. The van der Waals surface area contributed by atoms with E-state index in [0.29, 0.717) is 5.56 Å². The molecule has 0 heterocycles. The zero-order valence-corrected chi connectivity index (χ0v) is 10.4. The van der Waals surface area contributed by atoms with E-state index in [-0.39, 0.29) is 10.6 Å². The van der Waals surface area contributed by atoms with Crippen LogP contribution in [0, 0.1) is 0 Å². The van der Waals surface area contributed by atoms with Crippen molar-refractivity contribution < 1.29 is 12.6 Å². The summed E-state index contributed by atoms with van der Waals surface area (Å²) in [5, 5.41) is 0. The van der Waals surface area contributed by atoms with Gasteiger partial charge in [-0.2, -0.15) is 8.42 Å². The fraction of sp³-hybridized carbons (Fsp3) is 0. The molecule has 0 fully saturated rings. The first kappa shape index (κ1) is 12.4. The normalized spacial score (nSPS) is 10.9. The summed E-state index contributed by atoms with van der Waals surface area (Å²) >= 11 is 0. The summed E-state index contributed by atoms with van der Waals surface area (Å²) in [4.78, 5) is 0.115. The van der Waals surface area contributed by atoms with Crippen molar-refractivity contribution in [1.82, 2.24) is 0 Å². The lowest BCUT2D eigenvalue weighted by molar-refractivity contribution is 0.486. The molecule has 92 valence electrons. The van der Waals surface area contributed by atoms with Crippen molar-refractivity contribution in [3.63, 3.8) is 0 Å². The molecule has 0 N–H and O–H groups in total. The monoisotopic (exact) mass is 260 g/mol. The summed E-state index contributed by atoms with van der Waals surface area (Å²) in [6, 6.07) is 15.0. The Labute approximate surface area is 106 Å². The second-order valence-corrected chi connectivity index (χ2v) is 5.11. The van der Waals surface area contributed by atoms with Crippen LogP contribution in [0.4, 0.5) is 0 Å². The molecule has 0 unspecified atom stereocenters. The van der Waals surface area contributed by atoms with Gasteiger partial charge in [-0.3, -0.25) is 0 Å². The Morgan fingerprint density at radius 2 is 1.56 bits per heavy atom. The number of benzene rings is 2. The molecule has 0 saturated carbocycles. The minimum absolute atomic E-state index is 0.115. The summed E-state index contributed by atoms with van der Waals surface area (Å²) in [5.41, 5.74) is 0.522. The molecule has 0 aromatic heterocycles. The molecular weight excluding hydrogens is 248 g/mol. The number of hydrogen-bond acceptors (Lipinski definition) is 3. The van der Waals surface area contributed by atoms with Gasteiger partial charge in [-0.15, -0.1) is 0 Å². The van der Waals surface area contributed by atoms with Crippen LogP contribution in [0.3, 0.4) is 0 Å². The van der Waals surface area contributed by atoms with Crippen LogP contribution in [-0.4, -0.2) is 8.42 Å². The van der Waals surface area contributed by atoms with Crippen molar-refractivity contribution in [3.8, 4) is 5.75 Å². The third-order valence-corrected chi connectivity index (χ3v) is 3.68. The SMILES string of the molecule is C=Cc1ccccc1S(=O)(=O)Oc1ccccc1. The maximum Gasteiger partial charge on any atom is 0.339 e. The molecule has 0 amide bonds. The van der Waals surface area contributed by atoms with E-state index in [1.54, 1.807) is 48.5 Å². The average Bonchev–Trinajstić information content (AvgIpc) is 2.39. The van der Waals surface area contributed by atoms with Gasteiger partial charge < -0.3 is 4.18 Å². The van der Waals surface area contributed by atoms with E-state index < -0.39 is 10.1 Å². The van der Waals surface area contributed by atoms with Gasteiger partial charge in [0.2, 0.25) is 0 Å². The van der Waals surface area contributed by atoms with Crippen LogP contribution in [-0.2, 0) is 10.1 Å². The Morgan fingerprint density at radius 1 is 0.944 bits per heavy atom. The molecule has 0 atom stereocenters. The van der Waals surface area contributed by atoms with Crippen LogP contribution in [0.25, 0.3) is 6.08 Å². The van der Waals surface area contributed by atoms with Gasteiger partial charge >= 0.3 is 10.1 Å². The van der Waals surface area contributed by atoms with Crippen LogP contribution in [0.15, 0.2) is 66.1 Å². The minimum Gasteiger partial charge on any atom is -0.379 e. The Balaban J connectivity index is 2.40. The van der Waals surface area contributed by atoms with E-state index in [2.05, 4.69) is 6.58 Å². The second kappa shape index (κ2) is 5.06. The Kier molecular flexibility index (Phi) is 3.48. The Morgan fingerprint density at radius 3 is 2.22 bits per heavy atom. The molecule has 0 spiro atoms. The first-order valence-corrected chi connectivity index (χ1v) is 6.75. The third kappa shape index (κ3) is 2.60. The van der Waals surface area contributed by atoms with E-state index in [1.807, 2.05) is 0 Å². The summed E-state index contributed by atoms with van der Waals surface area (Å²) in [6.45, 7) is 3.59. The van der Waals surface area contributed by atoms with E-state index in [1.165, 1.54) is 12.1 Å². The van der Waals surface area contributed by atoms with Crippen LogP contribution in [0.1, 0.15) is 5.56 Å². The Hall–Kier alpha value is -2.07. The van der Waals surface area contributed by atoms with Gasteiger partial charge in [0.1, 0.15) is 10.6 Å². The fourth-order valence-corrected chi connectivity index (χ4v) is 2.66. The van der Waals surface area contributed by atoms with Crippen molar-refractivity contribution in [3.05, 3.63) is 66.7 Å². The van der Waals surface area contributed by atoms with Crippen molar-refractivity contribution >= 4 is 16.2 Å². The first-order chi connectivity index (χ1) is 8.63. The second-order valence-electron chi connectivity index (χ2n) is 3.59. The third-order valence-electron chi connectivity index (χ3n) is 2.36. The van der Waals surface area contributed by atoms with Crippen LogP contribution >= 0.6 is 0 Å². The van der Waals surface area contributed by atoms with Gasteiger partial charge in [0.15, 0.2) is 0 Å². The smallest absolute Gasteiger partial charge is 0.339 e. The molecule has 4 heteroatoms. The highest BCUT2D eigenvalue weighted by molar-refractivity contribution is 7.87. The van der Waals surface area contributed by atoms with Gasteiger partial charge in [-0.25, -0.2) is 0 Å². The van der Waals surface area contributed by atoms with Crippen molar-refractivity contribution in [1.29, 1.82) is 0 Å². The molecule has 0 radical (unpaired) electrons. The topological polar surface area (TPSA) is 43.4 Å². The molecule has 0 bridgehead atoms. The fourth-order valence-electron chi connectivity index (χ4n) is 1.52. The van der Waals surface area contributed by atoms with E-state index in [0.717, 1.165) is 0 Å². The van der Waals surface area contributed by atoms with Crippen LogP contribution < -0.4 is 4.18 Å². The predicted molar refractivity (Wildman–Crippen MR) is 70.8 cm³/mol. The molecule has 0 saturated heterocycles. The lowest BCUT2D eigenvalue weighted by atomic mass is 10.2. The van der Waals surface area contributed by atoms with Crippen molar-refractivity contribution in [2.45, 2.75) is 4.90 Å². The van der Waals surface area contributed by atoms with Gasteiger partial charge in [-0.1, -0.05) is 49.1 Å². The van der Waals surface area contributed by atoms with Gasteiger partial charge in [0, 0.05) is 0 Å². The molecule has 2 aromatic carbocycles. The minimum atomic E-state index is -3.83. The molecule has 2 aromatic rings. The molecular formula is C14H12O3S. The highest BCUT2D eigenvalue weighted by Crippen LogP contribution is 2.21. The van der Waals surface area contributed by atoms with E-state index in [9.17, 15) is 8.42 Å². The molecule has 18 heavy (non-hydrogen) atoms. The Bertz CT molecular complexity index is 646. The van der Waals surface area contributed by atoms with Gasteiger partial charge in [0.05, 0.1) is 0 Å². The average molecular weight is 260 g/mol. The highest BCUT2D eigenvalue weighted by atomic mass is 32.2. The largest absolute Gasteiger partial charge is 0.379 e. The lowest BCUT2D eigenvalue weighted by Gasteiger charge is -2.08. The van der Waals surface area contributed by atoms with Crippen molar-refractivity contribution in [2.75, 3.05) is 0 Å². The standard InChI is InChI=1S/C14H12O3S/c1-2-12-8-6-7-11-14(12)18(15,16)17-13-9-4-3-5-10-13/h2-11H,1H2. The maximum atomic E-state index is 12.1. The van der Waals surface area contributed by atoms with Crippen LogP contribution in [0.5, 0.6) is 5.75 Å². The summed E-state index contributed by atoms with van der Waals surface area (Å²) in [5.74, 6) is 0.288. The zero-order chi connectivity index (χ0) is 13.0. The van der Waals surface area contributed by atoms with Crippen molar-refractivity contribution in [2.24, 2.45) is 0 Å². The highest BCUT2D eigenvalue weighted by Gasteiger charge is 2.18. The maximum absolute atomic E-state index is 12.1. The lowest BCUT2D eigenvalue weighted by Crippen LogP contribution is -2.11. The predicted octanol–water partition coefficient (Wildman–Crippen LogP) is 3.10. The molecule has 0 aliphatic heterocycles. The zero-order valence-electron chi connectivity index (χ0n) is 9.61. The quantitative estimate of drug-likeness (QED) is 0.793. The van der Waals surface area contributed by atoms with Gasteiger partial charge in [-0.05, 0) is 23.8 Å². The number of hydrogen-bond donors (Lipinski definition) is 0. The summed E-state index contributed by atoms with van der Waals surface area (Å²) in [6.07, 6.45) is 1.49. The van der Waals surface area contributed by atoms with Gasteiger partial charge in [0.25, 0.3) is 0 Å². The number of para-hydroxylation sites is 1. The van der Waals surface area contributed by atoms with E-state index in [4.69, 9.17) is 4.18 Å². The number of rotatable bonds is 4. The first-order valence-electron chi connectivity index (χ1n) is 5.34. The molecule has 0 aliphatic carbocycles. The van der Waals surface area contributed by atoms with E-state index >= 15 is 0 Å². The molecule has 0 aliphatic rings. The summed E-state index contributed by atoms with van der Waals surface area (Å²) < 4.78 is 29.3.